The first kappa shape index (κ1) is 19.3. The van der Waals surface area contributed by atoms with Crippen LogP contribution in [0.3, 0.4) is 0 Å². The van der Waals surface area contributed by atoms with Crippen LogP contribution in [0.25, 0.3) is 0 Å². The minimum absolute atomic E-state index is 0.105. The van der Waals surface area contributed by atoms with Gasteiger partial charge in [0.25, 0.3) is 11.5 Å². The molecule has 29 heavy (non-hydrogen) atoms. The van der Waals surface area contributed by atoms with E-state index < -0.39 is 0 Å². The lowest BCUT2D eigenvalue weighted by molar-refractivity contribution is 0.00584. The molecule has 0 radical (unpaired) electrons. The van der Waals surface area contributed by atoms with Crippen LogP contribution in [-0.2, 0) is 16.0 Å². The van der Waals surface area contributed by atoms with E-state index in [0.717, 1.165) is 64.2 Å². The maximum Gasteiger partial charge on any atom is 0.263 e. The van der Waals surface area contributed by atoms with Crippen LogP contribution in [0, 0.1) is 5.92 Å². The minimum Gasteiger partial charge on any atom is -0.381 e. The van der Waals surface area contributed by atoms with Gasteiger partial charge >= 0.3 is 0 Å². The Hall–Kier alpha value is -1.70. The summed E-state index contributed by atoms with van der Waals surface area (Å²) in [5, 5.41) is 0. The van der Waals surface area contributed by atoms with E-state index in [1.807, 2.05) is 10.6 Å². The van der Waals surface area contributed by atoms with E-state index in [0.29, 0.717) is 49.7 Å². The standard InChI is InChI=1S/C22H31N3O4/c26-21(23-6-1-8-28-11-7-23)19-2-3-20-17-12-16(14-25(20)22(19)27)13-24(15-17)18-4-9-29-10-5-18/h2-3,16-18H,1,4-15H2/t16-,17+/m0/s1. The lowest BCUT2D eigenvalue weighted by atomic mass is 9.82. The highest BCUT2D eigenvalue weighted by atomic mass is 16.5. The van der Waals surface area contributed by atoms with Crippen LogP contribution in [-0.4, -0.2) is 78.9 Å². The van der Waals surface area contributed by atoms with Crippen molar-refractivity contribution in [2.75, 3.05) is 52.6 Å². The van der Waals surface area contributed by atoms with Crippen molar-refractivity contribution in [3.63, 3.8) is 0 Å². The Morgan fingerprint density at radius 3 is 2.66 bits per heavy atom. The predicted octanol–water partition coefficient (Wildman–Crippen LogP) is 1.31. The first-order chi connectivity index (χ1) is 14.2. The summed E-state index contributed by atoms with van der Waals surface area (Å²) in [6.07, 6.45) is 4.19. The molecule has 0 unspecified atom stereocenters. The second-order valence-electron chi connectivity index (χ2n) is 8.94. The first-order valence-corrected chi connectivity index (χ1v) is 11.1. The zero-order valence-corrected chi connectivity index (χ0v) is 17.1. The molecule has 2 bridgehead atoms. The highest BCUT2D eigenvalue weighted by Gasteiger charge is 2.38. The molecule has 0 aromatic carbocycles. The molecule has 3 fully saturated rings. The molecule has 4 aliphatic heterocycles. The van der Waals surface area contributed by atoms with E-state index in [1.54, 1.807) is 11.0 Å². The third-order valence-electron chi connectivity index (χ3n) is 7.08. The molecule has 7 heteroatoms. The summed E-state index contributed by atoms with van der Waals surface area (Å²) >= 11 is 0. The van der Waals surface area contributed by atoms with Crippen LogP contribution in [0.5, 0.6) is 0 Å². The Morgan fingerprint density at radius 1 is 0.966 bits per heavy atom. The molecule has 2 atom stereocenters. The van der Waals surface area contributed by atoms with Gasteiger partial charge in [0.1, 0.15) is 5.56 Å². The zero-order valence-electron chi connectivity index (χ0n) is 17.1. The summed E-state index contributed by atoms with van der Waals surface area (Å²) in [5.41, 5.74) is 1.32. The Labute approximate surface area is 171 Å². The average Bonchev–Trinajstić information content (AvgIpc) is 3.04. The van der Waals surface area contributed by atoms with Crippen LogP contribution in [0.2, 0.25) is 0 Å². The van der Waals surface area contributed by atoms with Gasteiger partial charge in [0, 0.05) is 70.2 Å². The summed E-state index contributed by atoms with van der Waals surface area (Å²) in [5.74, 6) is 0.725. The van der Waals surface area contributed by atoms with E-state index >= 15 is 0 Å². The number of nitrogens with zero attached hydrogens (tertiary/aromatic N) is 3. The third kappa shape index (κ3) is 3.76. The normalized spacial score (nSPS) is 28.6. The van der Waals surface area contributed by atoms with Crippen molar-refractivity contribution in [3.8, 4) is 0 Å². The fraction of sp³-hybridized carbons (Fsp3) is 0.727. The molecule has 1 aromatic heterocycles. The molecule has 4 aliphatic rings. The predicted molar refractivity (Wildman–Crippen MR) is 108 cm³/mol. The maximum absolute atomic E-state index is 13.3. The zero-order chi connectivity index (χ0) is 19.8. The molecule has 3 saturated heterocycles. The van der Waals surface area contributed by atoms with Gasteiger partial charge in [0.15, 0.2) is 0 Å². The molecule has 0 N–H and O–H groups in total. The molecule has 5 rings (SSSR count). The van der Waals surface area contributed by atoms with Crippen LogP contribution in [0.1, 0.15) is 47.7 Å². The SMILES string of the molecule is O=C(c1ccc2n(c1=O)C[C@H]1C[C@@H]2CN(C2CCOCC2)C1)N1CCCOCC1. The number of pyridine rings is 1. The number of hydrogen-bond acceptors (Lipinski definition) is 5. The number of piperidine rings is 1. The third-order valence-corrected chi connectivity index (χ3v) is 7.08. The molecule has 0 aliphatic carbocycles. The van der Waals surface area contributed by atoms with E-state index in [9.17, 15) is 9.59 Å². The van der Waals surface area contributed by atoms with Crippen LogP contribution in [0.4, 0.5) is 0 Å². The quantitative estimate of drug-likeness (QED) is 0.748. The second kappa shape index (κ2) is 8.20. The molecule has 158 valence electrons. The molecule has 5 heterocycles. The summed E-state index contributed by atoms with van der Waals surface area (Å²) in [7, 11) is 0. The second-order valence-corrected chi connectivity index (χ2v) is 8.94. The van der Waals surface area contributed by atoms with Gasteiger partial charge in [-0.3, -0.25) is 14.5 Å². The number of amides is 1. The largest absolute Gasteiger partial charge is 0.381 e. The van der Waals surface area contributed by atoms with Crippen molar-refractivity contribution in [2.24, 2.45) is 5.92 Å². The number of hydrogen-bond donors (Lipinski definition) is 0. The minimum atomic E-state index is -0.143. The summed E-state index contributed by atoms with van der Waals surface area (Å²) in [6.45, 7) is 6.96. The lowest BCUT2D eigenvalue weighted by Crippen LogP contribution is -2.52. The number of likely N-dealkylation sites (tertiary alicyclic amines) is 1. The van der Waals surface area contributed by atoms with Gasteiger partial charge in [-0.2, -0.15) is 0 Å². The Kier molecular flexibility index (Phi) is 5.45. The van der Waals surface area contributed by atoms with Crippen molar-refractivity contribution in [2.45, 2.75) is 44.2 Å². The van der Waals surface area contributed by atoms with Crippen LogP contribution in [0.15, 0.2) is 16.9 Å². The van der Waals surface area contributed by atoms with Gasteiger partial charge < -0.3 is 18.9 Å². The van der Waals surface area contributed by atoms with E-state index in [1.165, 1.54) is 0 Å². The van der Waals surface area contributed by atoms with Gasteiger partial charge in [-0.1, -0.05) is 0 Å². The Balaban J connectivity index is 1.38. The Bertz CT molecular complexity index is 809. The van der Waals surface area contributed by atoms with Crippen molar-refractivity contribution in [3.05, 3.63) is 33.7 Å². The number of aromatic nitrogens is 1. The highest BCUT2D eigenvalue weighted by molar-refractivity contribution is 5.94. The molecular weight excluding hydrogens is 370 g/mol. The van der Waals surface area contributed by atoms with Gasteiger partial charge in [-0.15, -0.1) is 0 Å². The number of fused-ring (bicyclic) bond motifs is 4. The lowest BCUT2D eigenvalue weighted by Gasteiger charge is -2.46. The Morgan fingerprint density at radius 2 is 1.79 bits per heavy atom. The maximum atomic E-state index is 13.3. The van der Waals surface area contributed by atoms with Gasteiger partial charge in [-0.05, 0) is 43.7 Å². The van der Waals surface area contributed by atoms with Crippen molar-refractivity contribution < 1.29 is 14.3 Å². The smallest absolute Gasteiger partial charge is 0.263 e. The fourth-order valence-electron chi connectivity index (χ4n) is 5.61. The first-order valence-electron chi connectivity index (χ1n) is 11.1. The topological polar surface area (TPSA) is 64.0 Å². The summed E-state index contributed by atoms with van der Waals surface area (Å²) in [4.78, 5) is 30.7. The molecule has 7 nitrogen and oxygen atoms in total. The molecule has 1 aromatic rings. The van der Waals surface area contributed by atoms with Crippen LogP contribution < -0.4 is 5.56 Å². The number of carbonyl (C=O) groups is 1. The number of carbonyl (C=O) groups excluding carboxylic acids is 1. The van der Waals surface area contributed by atoms with Crippen molar-refractivity contribution >= 4 is 5.91 Å². The molecular formula is C22H31N3O4. The number of ether oxygens (including phenoxy) is 2. The van der Waals surface area contributed by atoms with E-state index in [2.05, 4.69) is 4.90 Å². The number of rotatable bonds is 2. The van der Waals surface area contributed by atoms with Gasteiger partial charge in [-0.25, -0.2) is 0 Å². The monoisotopic (exact) mass is 401 g/mol. The van der Waals surface area contributed by atoms with E-state index in [4.69, 9.17) is 9.47 Å². The van der Waals surface area contributed by atoms with Crippen molar-refractivity contribution in [1.29, 1.82) is 0 Å². The van der Waals surface area contributed by atoms with Gasteiger partial charge in [0.05, 0.1) is 6.61 Å². The highest BCUT2D eigenvalue weighted by Crippen LogP contribution is 2.37. The summed E-state index contributed by atoms with van der Waals surface area (Å²) < 4.78 is 12.9. The molecule has 1 amide bonds. The summed E-state index contributed by atoms with van der Waals surface area (Å²) in [6, 6.07) is 4.42. The van der Waals surface area contributed by atoms with Crippen molar-refractivity contribution in [1.82, 2.24) is 14.4 Å². The molecule has 0 saturated carbocycles. The van der Waals surface area contributed by atoms with E-state index in [-0.39, 0.29) is 11.5 Å². The van der Waals surface area contributed by atoms with Gasteiger partial charge in [0.2, 0.25) is 0 Å². The average molecular weight is 402 g/mol. The molecule has 0 spiro atoms. The van der Waals surface area contributed by atoms with Crippen LogP contribution >= 0.6 is 0 Å². The fourth-order valence-corrected chi connectivity index (χ4v) is 5.61.